The molecule has 96 valence electrons. The smallest absolute Gasteiger partial charge is 0.0297 e. The Morgan fingerprint density at radius 2 is 1.89 bits per heavy atom. The minimum atomic E-state index is 0.415. The summed E-state index contributed by atoms with van der Waals surface area (Å²) in [6, 6.07) is 15.6. The van der Waals surface area contributed by atoms with Crippen molar-refractivity contribution in [3.8, 4) is 0 Å². The number of nitrogens with one attached hydrogen (secondary N) is 1. The van der Waals surface area contributed by atoms with Gasteiger partial charge in [-0.15, -0.1) is 0 Å². The Morgan fingerprint density at radius 3 is 2.72 bits per heavy atom. The van der Waals surface area contributed by atoms with Crippen molar-refractivity contribution in [3.63, 3.8) is 0 Å². The Bertz CT molecular complexity index is 490. The lowest BCUT2D eigenvalue weighted by Crippen LogP contribution is -2.20. The molecule has 0 aliphatic heterocycles. The minimum Gasteiger partial charge on any atom is -0.310 e. The number of hydrogen-bond acceptors (Lipinski definition) is 2. The van der Waals surface area contributed by atoms with Crippen LogP contribution in [-0.2, 0) is 0 Å². The quantitative estimate of drug-likeness (QED) is 0.779. The summed E-state index contributed by atoms with van der Waals surface area (Å²) < 4.78 is 0. The fourth-order valence-electron chi connectivity index (χ4n) is 2.27. The van der Waals surface area contributed by atoms with Crippen molar-refractivity contribution < 1.29 is 0 Å². The highest BCUT2D eigenvalue weighted by atomic mass is 32.2. The Morgan fingerprint density at radius 1 is 1.11 bits per heavy atom. The van der Waals surface area contributed by atoms with Crippen molar-refractivity contribution in [3.05, 3.63) is 48.0 Å². The molecule has 18 heavy (non-hydrogen) atoms. The Kier molecular flexibility index (Phi) is 5.09. The van der Waals surface area contributed by atoms with Gasteiger partial charge in [-0.25, -0.2) is 0 Å². The molecule has 0 aromatic heterocycles. The molecule has 0 fully saturated rings. The van der Waals surface area contributed by atoms with E-state index in [9.17, 15) is 0 Å². The van der Waals surface area contributed by atoms with Crippen LogP contribution in [0.25, 0.3) is 10.8 Å². The number of hydrogen-bond donors (Lipinski definition) is 1. The van der Waals surface area contributed by atoms with Crippen molar-refractivity contribution >= 4 is 22.5 Å². The van der Waals surface area contributed by atoms with Crippen LogP contribution in [0.2, 0.25) is 0 Å². The molecule has 2 aromatic rings. The maximum absolute atomic E-state index is 3.61. The van der Waals surface area contributed by atoms with Crippen molar-refractivity contribution in [1.29, 1.82) is 0 Å². The lowest BCUT2D eigenvalue weighted by Gasteiger charge is -2.16. The summed E-state index contributed by atoms with van der Waals surface area (Å²) in [6.07, 6.45) is 3.39. The number of fused-ring (bicyclic) bond motifs is 1. The van der Waals surface area contributed by atoms with E-state index in [1.165, 1.54) is 28.5 Å². The Balaban J connectivity index is 2.10. The maximum atomic E-state index is 3.61. The van der Waals surface area contributed by atoms with Gasteiger partial charge in [0, 0.05) is 6.04 Å². The molecule has 2 aromatic carbocycles. The molecule has 0 saturated heterocycles. The van der Waals surface area contributed by atoms with Gasteiger partial charge >= 0.3 is 0 Å². The molecule has 0 saturated carbocycles. The largest absolute Gasteiger partial charge is 0.310 e. The third-order valence-corrected chi connectivity index (χ3v) is 3.96. The van der Waals surface area contributed by atoms with Gasteiger partial charge in [0.1, 0.15) is 0 Å². The highest BCUT2D eigenvalue weighted by Crippen LogP contribution is 2.23. The third-order valence-electron chi connectivity index (χ3n) is 3.27. The van der Waals surface area contributed by atoms with E-state index >= 15 is 0 Å². The van der Waals surface area contributed by atoms with Crippen molar-refractivity contribution in [1.82, 2.24) is 5.32 Å². The van der Waals surface area contributed by atoms with Crippen LogP contribution in [0.5, 0.6) is 0 Å². The van der Waals surface area contributed by atoms with Crippen molar-refractivity contribution in [2.45, 2.75) is 19.4 Å². The summed E-state index contributed by atoms with van der Waals surface area (Å²) >= 11 is 1.91. The summed E-state index contributed by atoms with van der Waals surface area (Å²) in [5, 5.41) is 6.30. The van der Waals surface area contributed by atoms with Crippen LogP contribution in [0.4, 0.5) is 0 Å². The fraction of sp³-hybridized carbons (Fsp3) is 0.375. The van der Waals surface area contributed by atoms with Gasteiger partial charge in [-0.2, -0.15) is 11.8 Å². The average molecular weight is 259 g/mol. The number of benzene rings is 2. The molecule has 2 rings (SSSR count). The van der Waals surface area contributed by atoms with Crippen LogP contribution in [0.15, 0.2) is 42.5 Å². The molecule has 1 nitrogen and oxygen atoms in total. The third kappa shape index (κ3) is 3.27. The molecule has 0 amide bonds. The van der Waals surface area contributed by atoms with E-state index in [1.807, 2.05) is 11.8 Å². The van der Waals surface area contributed by atoms with Crippen LogP contribution in [-0.4, -0.2) is 18.6 Å². The van der Waals surface area contributed by atoms with E-state index in [1.54, 1.807) is 0 Å². The van der Waals surface area contributed by atoms with Gasteiger partial charge in [-0.3, -0.25) is 0 Å². The highest BCUT2D eigenvalue weighted by molar-refractivity contribution is 7.98. The zero-order valence-corrected chi connectivity index (χ0v) is 12.0. The van der Waals surface area contributed by atoms with Crippen LogP contribution >= 0.6 is 11.8 Å². The molecule has 1 N–H and O–H groups in total. The number of rotatable bonds is 6. The van der Waals surface area contributed by atoms with Crippen LogP contribution in [0, 0.1) is 0 Å². The van der Waals surface area contributed by atoms with E-state index in [0.717, 1.165) is 6.54 Å². The predicted octanol–water partition coefficient (Wildman–Crippen LogP) is 4.24. The predicted molar refractivity (Wildman–Crippen MR) is 83.4 cm³/mol. The first-order valence-corrected chi connectivity index (χ1v) is 7.92. The van der Waals surface area contributed by atoms with Gasteiger partial charge in [-0.05, 0) is 48.2 Å². The molecular formula is C16H21NS. The zero-order valence-electron chi connectivity index (χ0n) is 11.1. The Labute approximate surface area is 114 Å². The van der Waals surface area contributed by atoms with E-state index < -0.39 is 0 Å². The van der Waals surface area contributed by atoms with E-state index in [2.05, 4.69) is 61.0 Å². The second kappa shape index (κ2) is 6.81. The monoisotopic (exact) mass is 259 g/mol. The van der Waals surface area contributed by atoms with E-state index in [0.29, 0.717) is 6.04 Å². The first-order chi connectivity index (χ1) is 8.83. The van der Waals surface area contributed by atoms with Crippen molar-refractivity contribution in [2.24, 2.45) is 0 Å². The zero-order chi connectivity index (χ0) is 12.8. The summed E-state index contributed by atoms with van der Waals surface area (Å²) in [6.45, 7) is 3.34. The first kappa shape index (κ1) is 13.4. The lowest BCUT2D eigenvalue weighted by atomic mass is 10.00. The molecule has 1 unspecified atom stereocenters. The number of thioether (sulfide) groups is 1. The molecule has 0 bridgehead atoms. The van der Waals surface area contributed by atoms with Gasteiger partial charge in [0.15, 0.2) is 0 Å². The van der Waals surface area contributed by atoms with Gasteiger partial charge in [0.05, 0.1) is 0 Å². The van der Waals surface area contributed by atoms with Gasteiger partial charge in [0.2, 0.25) is 0 Å². The molecule has 0 aliphatic rings. The fourth-order valence-corrected chi connectivity index (χ4v) is 2.71. The SMILES string of the molecule is CSCCCNC(C)c1cccc2ccccc12. The minimum absolute atomic E-state index is 0.415. The topological polar surface area (TPSA) is 12.0 Å². The maximum Gasteiger partial charge on any atom is 0.0297 e. The standard InChI is InChI=1S/C16H21NS/c1-13(17-11-6-12-18-2)15-10-5-8-14-7-3-4-9-16(14)15/h3-5,7-10,13,17H,6,11-12H2,1-2H3. The van der Waals surface area contributed by atoms with E-state index in [4.69, 9.17) is 0 Å². The Hall–Kier alpha value is -0.990. The highest BCUT2D eigenvalue weighted by Gasteiger charge is 2.07. The average Bonchev–Trinajstić information content (AvgIpc) is 2.43. The molecule has 1 atom stereocenters. The van der Waals surface area contributed by atoms with E-state index in [-0.39, 0.29) is 0 Å². The first-order valence-electron chi connectivity index (χ1n) is 6.53. The van der Waals surface area contributed by atoms with Gasteiger partial charge in [-0.1, -0.05) is 42.5 Å². The second-order valence-corrected chi connectivity index (χ2v) is 5.58. The lowest BCUT2D eigenvalue weighted by molar-refractivity contribution is 0.576. The van der Waals surface area contributed by atoms with Crippen molar-refractivity contribution in [2.75, 3.05) is 18.6 Å². The normalized spacial score (nSPS) is 12.8. The van der Waals surface area contributed by atoms with Gasteiger partial charge < -0.3 is 5.32 Å². The second-order valence-electron chi connectivity index (χ2n) is 4.59. The molecule has 2 heteroatoms. The summed E-state index contributed by atoms with van der Waals surface area (Å²) in [5.74, 6) is 1.23. The molecule has 0 spiro atoms. The molecule has 0 aliphatic carbocycles. The molecule has 0 heterocycles. The summed E-state index contributed by atoms with van der Waals surface area (Å²) in [4.78, 5) is 0. The van der Waals surface area contributed by atoms with Crippen LogP contribution in [0.3, 0.4) is 0 Å². The summed E-state index contributed by atoms with van der Waals surface area (Å²) in [7, 11) is 0. The van der Waals surface area contributed by atoms with Crippen LogP contribution in [0.1, 0.15) is 24.9 Å². The molecule has 0 radical (unpaired) electrons. The summed E-state index contributed by atoms with van der Waals surface area (Å²) in [5.41, 5.74) is 1.40. The molecular weight excluding hydrogens is 238 g/mol. The van der Waals surface area contributed by atoms with Crippen LogP contribution < -0.4 is 5.32 Å². The van der Waals surface area contributed by atoms with Gasteiger partial charge in [0.25, 0.3) is 0 Å².